The third-order valence-corrected chi connectivity index (χ3v) is 18.0. The van der Waals surface area contributed by atoms with E-state index in [4.69, 9.17) is 37.0 Å². The first-order valence-corrected chi connectivity index (χ1v) is 43.7. The van der Waals surface area contributed by atoms with E-state index in [1.54, 1.807) is 6.08 Å². The Morgan fingerprint density at radius 3 is 0.843 bits per heavy atom. The Labute approximate surface area is 653 Å². The number of hydrogen-bond donors (Lipinski definition) is 3. The molecule has 0 saturated carbocycles. The summed E-state index contributed by atoms with van der Waals surface area (Å²) < 4.78 is 68.5. The molecule has 0 fully saturated rings. The van der Waals surface area contributed by atoms with Gasteiger partial charge in [0, 0.05) is 19.3 Å². The SMILES string of the molecule is CC/C=C\C/C=C\C/C=C\C/C=C\C/C=C\CCCCCC(=O)OCC(COP(=O)(O)OCC(O)COP(=O)(O)OCC(COC(=O)C/C=C\C/C=C\C/C=C\C/C=C\C/C=C\CC)OC(=O)CCCCCCC/C=C\CCCCCCCC)OC(=O)CCCCC/C=C\C/C=C\C/C=C\C/C=C\C/C=C\CC. The van der Waals surface area contributed by atoms with Crippen molar-refractivity contribution in [2.45, 2.75) is 303 Å². The molecule has 0 aliphatic rings. The number of carbonyl (C=O) groups is 4. The van der Waals surface area contributed by atoms with Crippen LogP contribution in [0.2, 0.25) is 0 Å². The van der Waals surface area contributed by atoms with Crippen LogP contribution in [0.25, 0.3) is 0 Å². The van der Waals surface area contributed by atoms with E-state index < -0.39 is 97.5 Å². The van der Waals surface area contributed by atoms with Crippen LogP contribution in [-0.4, -0.2) is 96.7 Å². The highest BCUT2D eigenvalue weighted by Gasteiger charge is 2.30. The molecule has 0 aliphatic carbocycles. The number of aliphatic hydroxyl groups is 1. The molecule has 0 amide bonds. The summed E-state index contributed by atoms with van der Waals surface area (Å²) in [6, 6.07) is 0. The van der Waals surface area contributed by atoms with Crippen LogP contribution in [0.3, 0.4) is 0 Å². The van der Waals surface area contributed by atoms with E-state index in [0.29, 0.717) is 25.7 Å². The first kappa shape index (κ1) is 102. The fourth-order valence-corrected chi connectivity index (χ4v) is 11.6. The highest BCUT2D eigenvalue weighted by Crippen LogP contribution is 2.45. The normalized spacial score (nSPS) is 14.8. The third-order valence-electron chi connectivity index (χ3n) is 16.1. The average molecular weight is 1550 g/mol. The van der Waals surface area contributed by atoms with Gasteiger partial charge in [0.15, 0.2) is 12.2 Å². The topological polar surface area (TPSA) is 237 Å². The lowest BCUT2D eigenvalue weighted by Gasteiger charge is -2.21. The van der Waals surface area contributed by atoms with Gasteiger partial charge in [0.2, 0.25) is 0 Å². The second-order valence-electron chi connectivity index (χ2n) is 26.2. The van der Waals surface area contributed by atoms with Gasteiger partial charge in [0.25, 0.3) is 0 Å². The second kappa shape index (κ2) is 79.0. The number of phosphoric ester groups is 2. The van der Waals surface area contributed by atoms with Crippen LogP contribution in [0.15, 0.2) is 194 Å². The van der Waals surface area contributed by atoms with E-state index in [-0.39, 0.29) is 25.7 Å². The van der Waals surface area contributed by atoms with Gasteiger partial charge in [-0.1, -0.05) is 286 Å². The van der Waals surface area contributed by atoms with E-state index in [9.17, 15) is 43.2 Å². The predicted molar refractivity (Wildman–Crippen MR) is 445 cm³/mol. The number of hydrogen-bond acceptors (Lipinski definition) is 15. The molecule has 17 nitrogen and oxygen atoms in total. The van der Waals surface area contributed by atoms with Gasteiger partial charge in [-0.15, -0.1) is 0 Å². The van der Waals surface area contributed by atoms with Crippen molar-refractivity contribution in [1.29, 1.82) is 0 Å². The van der Waals surface area contributed by atoms with Crippen molar-refractivity contribution < 1.29 is 80.2 Å². The summed E-state index contributed by atoms with van der Waals surface area (Å²) in [7, 11) is -10.0. The number of carbonyl (C=O) groups excluding carboxylic acids is 4. The Morgan fingerprint density at radius 2 is 0.519 bits per heavy atom. The Hall–Kier alpha value is -6.10. The summed E-state index contributed by atoms with van der Waals surface area (Å²) in [5.74, 6) is -2.42. The number of phosphoric acid groups is 2. The van der Waals surface area contributed by atoms with Crippen molar-refractivity contribution >= 4 is 39.5 Å². The zero-order valence-corrected chi connectivity index (χ0v) is 68.5. The molecular weight excluding hydrogens is 1400 g/mol. The Kier molecular flexibility index (Phi) is 74.5. The third kappa shape index (κ3) is 78.0. The van der Waals surface area contributed by atoms with Crippen molar-refractivity contribution in [1.82, 2.24) is 0 Å². The molecule has 0 aromatic carbocycles. The van der Waals surface area contributed by atoms with Gasteiger partial charge >= 0.3 is 39.5 Å². The van der Waals surface area contributed by atoms with E-state index in [1.165, 1.54) is 38.5 Å². The minimum atomic E-state index is -5.01. The zero-order valence-electron chi connectivity index (χ0n) is 66.7. The van der Waals surface area contributed by atoms with Gasteiger partial charge in [0.05, 0.1) is 32.8 Å². The van der Waals surface area contributed by atoms with Crippen LogP contribution in [-0.2, 0) is 65.4 Å². The lowest BCUT2D eigenvalue weighted by atomic mass is 10.1. The van der Waals surface area contributed by atoms with E-state index in [2.05, 4.69) is 198 Å². The molecular formula is C89H142O17P2. The maximum absolute atomic E-state index is 13.1. The summed E-state index contributed by atoms with van der Waals surface area (Å²) in [5.41, 5.74) is 0. The number of ether oxygens (including phenoxy) is 4. The average Bonchev–Trinajstić information content (AvgIpc) is 0.896. The molecule has 19 heteroatoms. The monoisotopic (exact) mass is 1540 g/mol. The highest BCUT2D eigenvalue weighted by atomic mass is 31.2. The maximum atomic E-state index is 13.1. The quantitative estimate of drug-likeness (QED) is 0.0169. The number of rotatable bonds is 74. The van der Waals surface area contributed by atoms with Crippen LogP contribution in [0.1, 0.15) is 285 Å². The maximum Gasteiger partial charge on any atom is 0.472 e. The largest absolute Gasteiger partial charge is 0.472 e. The van der Waals surface area contributed by atoms with Crippen LogP contribution in [0.4, 0.5) is 0 Å². The van der Waals surface area contributed by atoms with Gasteiger partial charge in [0.1, 0.15) is 19.3 Å². The molecule has 0 aromatic heterocycles. The van der Waals surface area contributed by atoms with E-state index in [0.717, 1.165) is 167 Å². The Bertz CT molecular complexity index is 2810. The molecule has 0 aliphatic heterocycles. The number of allylic oxidation sites excluding steroid dienone is 31. The molecule has 0 saturated heterocycles. The molecule has 3 N–H and O–H groups in total. The molecule has 5 unspecified atom stereocenters. The van der Waals surface area contributed by atoms with E-state index in [1.807, 2.05) is 18.2 Å². The van der Waals surface area contributed by atoms with Crippen LogP contribution < -0.4 is 0 Å². The highest BCUT2D eigenvalue weighted by molar-refractivity contribution is 7.47. The minimum absolute atomic E-state index is 0.0374. The van der Waals surface area contributed by atoms with Crippen molar-refractivity contribution in [3.63, 3.8) is 0 Å². The Balaban J connectivity index is 5.53. The van der Waals surface area contributed by atoms with E-state index >= 15 is 0 Å². The van der Waals surface area contributed by atoms with Gasteiger partial charge in [-0.05, 0) is 167 Å². The first-order chi connectivity index (χ1) is 52.7. The van der Waals surface area contributed by atoms with Gasteiger partial charge in [-0.25, -0.2) is 9.13 Å². The van der Waals surface area contributed by atoms with Gasteiger partial charge in [-0.2, -0.15) is 0 Å². The zero-order chi connectivity index (χ0) is 78.9. The standard InChI is InChI=1S/C89H142O17P2/c1-5-9-13-17-21-25-29-33-37-39-41-43-47-50-54-58-62-66-70-74-87(92)100-80-85(106-89(94)76-72-68-64-60-56-52-48-44-42-40-38-34-30-26-22-18-14-10-6-2)82-104-108(97,98)102-78-83(90)77-101-107(95,96)103-81-84(105-88(93)75-71-67-63-59-55-51-46-36-32-28-24-20-16-12-8-4)79-99-86(91)73-69-65-61-57-53-49-45-35-31-27-23-19-15-11-7-3/h9-11,13-15,21-23,25-27,33-38,41-46,50,52-54,56-57,65,69,83-85,90H,5-8,12,16-20,24,28-32,39-40,47-49,51,55,58-64,66-68,70-82H2,1-4H3,(H,95,96)(H,97,98)/b13-9-,14-10-,15-11-,25-21-,26-22-,27-23-,37-33-,38-34-,43-41-,44-42-,45-35-,46-36-,54-50-,56-52-,57-53-,69-65-. The summed E-state index contributed by atoms with van der Waals surface area (Å²) >= 11 is 0. The Morgan fingerprint density at radius 1 is 0.278 bits per heavy atom. The molecule has 0 spiro atoms. The molecule has 0 bridgehead atoms. The number of aliphatic hydroxyl groups excluding tert-OH is 1. The molecule has 5 atom stereocenters. The summed E-state index contributed by atoms with van der Waals surface area (Å²) in [5, 5.41) is 10.7. The van der Waals surface area contributed by atoms with Crippen molar-refractivity contribution in [2.24, 2.45) is 0 Å². The summed E-state index contributed by atoms with van der Waals surface area (Å²) in [6.45, 7) is 4.31. The van der Waals surface area contributed by atoms with Crippen LogP contribution in [0.5, 0.6) is 0 Å². The fourth-order valence-electron chi connectivity index (χ4n) is 9.99. The molecule has 0 aromatic rings. The predicted octanol–water partition coefficient (Wildman–Crippen LogP) is 24.1. The molecule has 0 radical (unpaired) electrons. The minimum Gasteiger partial charge on any atom is -0.462 e. The number of unbranched alkanes of at least 4 members (excludes halogenated alkanes) is 17. The summed E-state index contributed by atoms with van der Waals surface area (Å²) in [6.07, 6.45) is 97.2. The van der Waals surface area contributed by atoms with Gasteiger partial charge in [-0.3, -0.25) is 37.3 Å². The van der Waals surface area contributed by atoms with Crippen LogP contribution >= 0.6 is 15.6 Å². The first-order valence-electron chi connectivity index (χ1n) is 40.7. The fraction of sp³-hybridized carbons (Fsp3) is 0.596. The smallest absolute Gasteiger partial charge is 0.462 e. The van der Waals surface area contributed by atoms with Gasteiger partial charge < -0.3 is 33.8 Å². The lowest BCUT2D eigenvalue weighted by Crippen LogP contribution is -2.30. The molecule has 108 heavy (non-hydrogen) atoms. The molecule has 0 heterocycles. The molecule has 610 valence electrons. The lowest BCUT2D eigenvalue weighted by molar-refractivity contribution is -0.161. The van der Waals surface area contributed by atoms with Crippen molar-refractivity contribution in [3.05, 3.63) is 194 Å². The number of esters is 4. The van der Waals surface area contributed by atoms with Crippen molar-refractivity contribution in [3.8, 4) is 0 Å². The van der Waals surface area contributed by atoms with Crippen LogP contribution in [0, 0.1) is 0 Å². The summed E-state index contributed by atoms with van der Waals surface area (Å²) in [4.78, 5) is 73.1. The second-order valence-corrected chi connectivity index (χ2v) is 29.1. The van der Waals surface area contributed by atoms with Crippen molar-refractivity contribution in [2.75, 3.05) is 39.6 Å². The molecule has 0 rings (SSSR count).